The molecule has 4 nitrogen and oxygen atoms in total. The summed E-state index contributed by atoms with van der Waals surface area (Å²) in [6.45, 7) is 7.62. The molecule has 0 aliphatic rings. The monoisotopic (exact) mass is 223 g/mol. The molecule has 0 fully saturated rings. The second-order valence-corrected chi connectivity index (χ2v) is 4.17. The van der Waals surface area contributed by atoms with E-state index >= 15 is 0 Å². The summed E-state index contributed by atoms with van der Waals surface area (Å²) in [5, 5.41) is 3.26. The first-order chi connectivity index (χ1) is 7.79. The van der Waals surface area contributed by atoms with Crippen LogP contribution in [0.2, 0.25) is 0 Å². The Labute approximate surface area is 97.5 Å². The van der Waals surface area contributed by atoms with Gasteiger partial charge in [0.05, 0.1) is 12.3 Å². The Hall–Kier alpha value is -1.00. The van der Waals surface area contributed by atoms with Crippen molar-refractivity contribution in [2.45, 2.75) is 26.8 Å². The summed E-state index contributed by atoms with van der Waals surface area (Å²) < 4.78 is 5.48. The fourth-order valence-electron chi connectivity index (χ4n) is 1.20. The summed E-state index contributed by atoms with van der Waals surface area (Å²) in [5.41, 5.74) is 0.963. The Morgan fingerprint density at radius 1 is 1.31 bits per heavy atom. The first kappa shape index (κ1) is 13.1. The standard InChI is InChI=1S/C12H21N3O/c1-11(2)3-7-16-8-6-14-10-12-9-13-4-5-15-12/h4-5,9,11,14H,3,6-8,10H2,1-2H3. The fourth-order valence-corrected chi connectivity index (χ4v) is 1.20. The molecule has 0 saturated carbocycles. The summed E-state index contributed by atoms with van der Waals surface area (Å²) >= 11 is 0. The molecule has 4 heteroatoms. The third-order valence-electron chi connectivity index (χ3n) is 2.19. The minimum Gasteiger partial charge on any atom is -0.380 e. The lowest BCUT2D eigenvalue weighted by atomic mass is 10.1. The molecular weight excluding hydrogens is 202 g/mol. The lowest BCUT2D eigenvalue weighted by Gasteiger charge is -2.07. The van der Waals surface area contributed by atoms with Gasteiger partial charge >= 0.3 is 0 Å². The maximum Gasteiger partial charge on any atom is 0.0724 e. The highest BCUT2D eigenvalue weighted by Crippen LogP contribution is 1.98. The number of hydrogen-bond donors (Lipinski definition) is 1. The molecule has 16 heavy (non-hydrogen) atoms. The zero-order valence-electron chi connectivity index (χ0n) is 10.1. The van der Waals surface area contributed by atoms with E-state index in [9.17, 15) is 0 Å². The minimum atomic E-state index is 0.715. The fraction of sp³-hybridized carbons (Fsp3) is 0.667. The summed E-state index contributed by atoms with van der Waals surface area (Å²) in [5.74, 6) is 0.715. The molecule has 0 spiro atoms. The average molecular weight is 223 g/mol. The van der Waals surface area contributed by atoms with Crippen molar-refractivity contribution in [3.63, 3.8) is 0 Å². The van der Waals surface area contributed by atoms with Crippen LogP contribution in [-0.4, -0.2) is 29.7 Å². The molecule has 1 heterocycles. The van der Waals surface area contributed by atoms with Gasteiger partial charge in [0.2, 0.25) is 0 Å². The summed E-state index contributed by atoms with van der Waals surface area (Å²) in [6, 6.07) is 0. The molecule has 0 aliphatic carbocycles. The van der Waals surface area contributed by atoms with E-state index in [1.807, 2.05) is 0 Å². The first-order valence-corrected chi connectivity index (χ1v) is 5.82. The molecule has 0 amide bonds. The van der Waals surface area contributed by atoms with Gasteiger partial charge in [0.15, 0.2) is 0 Å². The molecule has 1 N–H and O–H groups in total. The molecule has 0 radical (unpaired) electrons. The van der Waals surface area contributed by atoms with Gasteiger partial charge in [0.25, 0.3) is 0 Å². The minimum absolute atomic E-state index is 0.715. The summed E-state index contributed by atoms with van der Waals surface area (Å²) in [7, 11) is 0. The lowest BCUT2D eigenvalue weighted by molar-refractivity contribution is 0.125. The van der Waals surface area contributed by atoms with Gasteiger partial charge in [0.1, 0.15) is 0 Å². The average Bonchev–Trinajstić information content (AvgIpc) is 2.29. The van der Waals surface area contributed by atoms with Crippen LogP contribution in [0.15, 0.2) is 18.6 Å². The quantitative estimate of drug-likeness (QED) is 0.680. The number of nitrogens with one attached hydrogen (secondary N) is 1. The van der Waals surface area contributed by atoms with Crippen molar-refractivity contribution in [2.75, 3.05) is 19.8 Å². The zero-order valence-corrected chi connectivity index (χ0v) is 10.1. The van der Waals surface area contributed by atoms with E-state index in [0.29, 0.717) is 5.92 Å². The van der Waals surface area contributed by atoms with Gasteiger partial charge < -0.3 is 10.1 Å². The first-order valence-electron chi connectivity index (χ1n) is 5.82. The van der Waals surface area contributed by atoms with E-state index in [2.05, 4.69) is 29.1 Å². The van der Waals surface area contributed by atoms with Crippen molar-refractivity contribution < 1.29 is 4.74 Å². The topological polar surface area (TPSA) is 47.0 Å². The van der Waals surface area contributed by atoms with Crippen LogP contribution in [0.5, 0.6) is 0 Å². The smallest absolute Gasteiger partial charge is 0.0724 e. The van der Waals surface area contributed by atoms with Crippen molar-refractivity contribution in [2.24, 2.45) is 5.92 Å². The molecular formula is C12H21N3O. The largest absolute Gasteiger partial charge is 0.380 e. The summed E-state index contributed by atoms with van der Waals surface area (Å²) in [4.78, 5) is 8.17. The van der Waals surface area contributed by atoms with Crippen LogP contribution < -0.4 is 5.32 Å². The third kappa shape index (κ3) is 6.48. The highest BCUT2D eigenvalue weighted by Gasteiger charge is 1.95. The molecule has 90 valence electrons. The molecule has 0 unspecified atom stereocenters. The van der Waals surface area contributed by atoms with E-state index in [4.69, 9.17) is 4.74 Å². The van der Waals surface area contributed by atoms with Crippen LogP contribution in [-0.2, 0) is 11.3 Å². The molecule has 0 atom stereocenters. The number of rotatable bonds is 8. The van der Waals surface area contributed by atoms with Gasteiger partial charge in [-0.05, 0) is 12.3 Å². The van der Waals surface area contributed by atoms with Crippen LogP contribution >= 0.6 is 0 Å². The van der Waals surface area contributed by atoms with E-state index in [1.54, 1.807) is 18.6 Å². The van der Waals surface area contributed by atoms with E-state index in [1.165, 1.54) is 0 Å². The SMILES string of the molecule is CC(C)CCOCCNCc1cnccn1. The van der Waals surface area contributed by atoms with Gasteiger partial charge in [-0.2, -0.15) is 0 Å². The van der Waals surface area contributed by atoms with Crippen molar-refractivity contribution in [3.8, 4) is 0 Å². The lowest BCUT2D eigenvalue weighted by Crippen LogP contribution is -2.20. The van der Waals surface area contributed by atoms with Crippen molar-refractivity contribution in [1.29, 1.82) is 0 Å². The Morgan fingerprint density at radius 3 is 2.88 bits per heavy atom. The molecule has 0 aromatic carbocycles. The van der Waals surface area contributed by atoms with Crippen molar-refractivity contribution >= 4 is 0 Å². The van der Waals surface area contributed by atoms with Gasteiger partial charge in [-0.3, -0.25) is 9.97 Å². The van der Waals surface area contributed by atoms with E-state index in [-0.39, 0.29) is 0 Å². The second kappa shape index (κ2) is 8.19. The molecule has 0 saturated heterocycles. The molecule has 0 bridgehead atoms. The Balaban J connectivity index is 1.93. The number of aromatic nitrogens is 2. The normalized spacial score (nSPS) is 10.9. The Morgan fingerprint density at radius 2 is 2.19 bits per heavy atom. The Bertz CT molecular complexity index is 264. The zero-order chi connectivity index (χ0) is 11.6. The third-order valence-corrected chi connectivity index (χ3v) is 2.19. The molecule has 1 rings (SSSR count). The van der Waals surface area contributed by atoms with Gasteiger partial charge in [0, 0.05) is 38.3 Å². The Kier molecular flexibility index (Phi) is 6.69. The van der Waals surface area contributed by atoms with E-state index < -0.39 is 0 Å². The molecule has 1 aromatic rings. The van der Waals surface area contributed by atoms with Crippen molar-refractivity contribution in [3.05, 3.63) is 24.3 Å². The van der Waals surface area contributed by atoms with Crippen molar-refractivity contribution in [1.82, 2.24) is 15.3 Å². The van der Waals surface area contributed by atoms with Crippen LogP contribution in [0.3, 0.4) is 0 Å². The summed E-state index contributed by atoms with van der Waals surface area (Å²) in [6.07, 6.45) is 6.28. The van der Waals surface area contributed by atoms with Crippen LogP contribution in [0.1, 0.15) is 26.0 Å². The maximum atomic E-state index is 5.48. The van der Waals surface area contributed by atoms with Gasteiger partial charge in [-0.25, -0.2) is 0 Å². The van der Waals surface area contributed by atoms with Crippen LogP contribution in [0.4, 0.5) is 0 Å². The van der Waals surface area contributed by atoms with Gasteiger partial charge in [-0.1, -0.05) is 13.8 Å². The number of ether oxygens (including phenoxy) is 1. The molecule has 1 aromatic heterocycles. The predicted molar refractivity (Wildman–Crippen MR) is 64.0 cm³/mol. The second-order valence-electron chi connectivity index (χ2n) is 4.17. The highest BCUT2D eigenvalue weighted by molar-refractivity contribution is 4.93. The highest BCUT2D eigenvalue weighted by atomic mass is 16.5. The predicted octanol–water partition coefficient (Wildman–Crippen LogP) is 1.63. The van der Waals surface area contributed by atoms with Crippen LogP contribution in [0, 0.1) is 5.92 Å². The van der Waals surface area contributed by atoms with E-state index in [0.717, 1.165) is 38.4 Å². The number of nitrogens with zero attached hydrogens (tertiary/aromatic N) is 2. The van der Waals surface area contributed by atoms with Gasteiger partial charge in [-0.15, -0.1) is 0 Å². The van der Waals surface area contributed by atoms with Crippen LogP contribution in [0.25, 0.3) is 0 Å². The number of hydrogen-bond acceptors (Lipinski definition) is 4. The maximum absolute atomic E-state index is 5.48. The molecule has 0 aliphatic heterocycles.